The third kappa shape index (κ3) is 3.91. The van der Waals surface area contributed by atoms with Crippen LogP contribution in [0.15, 0.2) is 42.5 Å². The van der Waals surface area contributed by atoms with Crippen LogP contribution in [0.3, 0.4) is 0 Å². The van der Waals surface area contributed by atoms with Gasteiger partial charge in [0.15, 0.2) is 11.5 Å². The molecule has 6 heteroatoms. The molecule has 2 aromatic carbocycles. The van der Waals surface area contributed by atoms with Gasteiger partial charge in [0.1, 0.15) is 0 Å². The second-order valence-corrected chi connectivity index (χ2v) is 6.39. The summed E-state index contributed by atoms with van der Waals surface area (Å²) in [6, 6.07) is 13.8. The molecule has 0 atom stereocenters. The lowest BCUT2D eigenvalue weighted by Gasteiger charge is -2.29. The van der Waals surface area contributed by atoms with Gasteiger partial charge < -0.3 is 24.4 Å². The fourth-order valence-corrected chi connectivity index (χ4v) is 3.18. The van der Waals surface area contributed by atoms with E-state index >= 15 is 0 Å². The number of benzene rings is 2. The Morgan fingerprint density at radius 1 is 1.04 bits per heavy atom. The maximum atomic E-state index is 12.3. The minimum Gasteiger partial charge on any atom is -0.454 e. The summed E-state index contributed by atoms with van der Waals surface area (Å²) >= 11 is 0. The molecule has 6 nitrogen and oxygen atoms in total. The van der Waals surface area contributed by atoms with Crippen molar-refractivity contribution in [3.8, 4) is 11.5 Å². The molecule has 1 N–H and O–H groups in total. The van der Waals surface area contributed by atoms with Crippen LogP contribution in [0.1, 0.15) is 12.0 Å². The number of anilines is 2. The fourth-order valence-electron chi connectivity index (χ4n) is 3.18. The van der Waals surface area contributed by atoms with Crippen molar-refractivity contribution >= 4 is 17.3 Å². The van der Waals surface area contributed by atoms with Crippen LogP contribution in [-0.2, 0) is 16.0 Å². The zero-order valence-electron chi connectivity index (χ0n) is 14.6. The number of aryl methyl sites for hydroxylation is 1. The number of nitrogens with one attached hydrogen (secondary N) is 1. The number of rotatable bonds is 5. The van der Waals surface area contributed by atoms with Crippen molar-refractivity contribution in [3.63, 3.8) is 0 Å². The second-order valence-electron chi connectivity index (χ2n) is 6.39. The van der Waals surface area contributed by atoms with Gasteiger partial charge in [0.2, 0.25) is 12.7 Å². The normalized spacial score (nSPS) is 15.8. The first-order valence-corrected chi connectivity index (χ1v) is 8.89. The quantitative estimate of drug-likeness (QED) is 0.895. The molecule has 0 saturated carbocycles. The Kier molecular flexibility index (Phi) is 4.93. The minimum atomic E-state index is 0.00166. The molecule has 2 aromatic rings. The van der Waals surface area contributed by atoms with E-state index in [-0.39, 0.29) is 12.7 Å². The van der Waals surface area contributed by atoms with Gasteiger partial charge in [-0.1, -0.05) is 12.1 Å². The van der Waals surface area contributed by atoms with E-state index in [4.69, 9.17) is 14.2 Å². The van der Waals surface area contributed by atoms with Crippen molar-refractivity contribution in [1.82, 2.24) is 0 Å². The average Bonchev–Trinajstić information content (AvgIpc) is 3.15. The van der Waals surface area contributed by atoms with E-state index in [1.165, 1.54) is 0 Å². The lowest BCUT2D eigenvalue weighted by atomic mass is 10.1. The molecular weight excluding hydrogens is 332 g/mol. The molecule has 2 aliphatic heterocycles. The predicted molar refractivity (Wildman–Crippen MR) is 99.0 cm³/mol. The third-order valence-corrected chi connectivity index (χ3v) is 4.58. The van der Waals surface area contributed by atoms with Crippen molar-refractivity contribution < 1.29 is 19.0 Å². The van der Waals surface area contributed by atoms with Gasteiger partial charge in [-0.15, -0.1) is 0 Å². The molecule has 136 valence electrons. The zero-order chi connectivity index (χ0) is 17.8. The van der Waals surface area contributed by atoms with Crippen LogP contribution >= 0.6 is 0 Å². The number of nitrogens with zero attached hydrogens (tertiary/aromatic N) is 1. The van der Waals surface area contributed by atoms with E-state index in [0.29, 0.717) is 12.8 Å². The van der Waals surface area contributed by atoms with Crippen LogP contribution in [0.25, 0.3) is 0 Å². The summed E-state index contributed by atoms with van der Waals surface area (Å²) in [6.07, 6.45) is 1.08. The molecule has 0 bridgehead atoms. The molecule has 26 heavy (non-hydrogen) atoms. The first kappa shape index (κ1) is 16.7. The topological polar surface area (TPSA) is 60.0 Å². The van der Waals surface area contributed by atoms with Crippen LogP contribution in [0.2, 0.25) is 0 Å². The molecule has 2 aliphatic rings. The summed E-state index contributed by atoms with van der Waals surface area (Å²) in [4.78, 5) is 14.6. The van der Waals surface area contributed by atoms with Crippen LogP contribution in [0, 0.1) is 0 Å². The molecule has 2 heterocycles. The number of ether oxygens (including phenoxy) is 3. The van der Waals surface area contributed by atoms with Crippen LogP contribution in [0.5, 0.6) is 11.5 Å². The zero-order valence-corrected chi connectivity index (χ0v) is 14.6. The molecule has 0 aliphatic carbocycles. The Bertz CT molecular complexity index is 787. The monoisotopic (exact) mass is 354 g/mol. The lowest BCUT2D eigenvalue weighted by molar-refractivity contribution is -0.116. The molecule has 1 amide bonds. The summed E-state index contributed by atoms with van der Waals surface area (Å²) in [5, 5.41) is 2.99. The molecule has 0 spiro atoms. The summed E-state index contributed by atoms with van der Waals surface area (Å²) in [5.41, 5.74) is 3.00. The van der Waals surface area contributed by atoms with E-state index in [9.17, 15) is 4.79 Å². The summed E-state index contributed by atoms with van der Waals surface area (Å²) in [7, 11) is 0. The molecule has 0 unspecified atom stereocenters. The number of hydrogen-bond acceptors (Lipinski definition) is 5. The van der Waals surface area contributed by atoms with E-state index in [2.05, 4.69) is 16.3 Å². The van der Waals surface area contributed by atoms with Gasteiger partial charge in [0.25, 0.3) is 0 Å². The van der Waals surface area contributed by atoms with Crippen LogP contribution < -0.4 is 19.7 Å². The SMILES string of the molecule is O=C(CCc1ccc2c(c1)OCO2)Nc1cccc(N2CCOCC2)c1. The fraction of sp³-hybridized carbons (Fsp3) is 0.350. The van der Waals surface area contributed by atoms with Crippen molar-refractivity contribution in [3.05, 3.63) is 48.0 Å². The number of fused-ring (bicyclic) bond motifs is 1. The number of hydrogen-bond donors (Lipinski definition) is 1. The van der Waals surface area contributed by atoms with Gasteiger partial charge >= 0.3 is 0 Å². The van der Waals surface area contributed by atoms with E-state index in [1.807, 2.05) is 36.4 Å². The van der Waals surface area contributed by atoms with Gasteiger partial charge in [-0.2, -0.15) is 0 Å². The van der Waals surface area contributed by atoms with E-state index in [0.717, 1.165) is 54.7 Å². The van der Waals surface area contributed by atoms with Crippen molar-refractivity contribution in [2.24, 2.45) is 0 Å². The first-order valence-electron chi connectivity index (χ1n) is 8.89. The van der Waals surface area contributed by atoms with Crippen molar-refractivity contribution in [2.75, 3.05) is 43.3 Å². The molecule has 0 radical (unpaired) electrons. The third-order valence-electron chi connectivity index (χ3n) is 4.58. The molecule has 1 fully saturated rings. The molecular formula is C20H22N2O4. The van der Waals surface area contributed by atoms with Crippen LogP contribution in [0.4, 0.5) is 11.4 Å². The minimum absolute atomic E-state index is 0.00166. The Morgan fingerprint density at radius 3 is 2.77 bits per heavy atom. The first-order chi connectivity index (χ1) is 12.8. The Hall–Kier alpha value is -2.73. The molecule has 4 rings (SSSR count). The van der Waals surface area contributed by atoms with Gasteiger partial charge in [0.05, 0.1) is 13.2 Å². The standard InChI is InChI=1S/C20H22N2O4/c23-20(7-5-15-4-6-18-19(12-15)26-14-25-18)21-16-2-1-3-17(13-16)22-8-10-24-11-9-22/h1-4,6,12-13H,5,7-11,14H2,(H,21,23). The highest BCUT2D eigenvalue weighted by atomic mass is 16.7. The number of carbonyl (C=O) groups is 1. The Labute approximate surface area is 152 Å². The Balaban J connectivity index is 1.33. The van der Waals surface area contributed by atoms with Gasteiger partial charge in [-0.3, -0.25) is 4.79 Å². The summed E-state index contributed by atoms with van der Waals surface area (Å²) in [5.74, 6) is 1.51. The van der Waals surface area contributed by atoms with E-state index < -0.39 is 0 Å². The number of carbonyl (C=O) groups excluding carboxylic acids is 1. The number of amides is 1. The number of morpholine rings is 1. The summed E-state index contributed by atoms with van der Waals surface area (Å²) < 4.78 is 16.1. The van der Waals surface area contributed by atoms with Gasteiger partial charge in [0, 0.05) is 30.9 Å². The van der Waals surface area contributed by atoms with Gasteiger partial charge in [-0.25, -0.2) is 0 Å². The predicted octanol–water partition coefficient (Wildman–Crippen LogP) is 2.82. The smallest absolute Gasteiger partial charge is 0.231 e. The summed E-state index contributed by atoms with van der Waals surface area (Å²) in [6.45, 7) is 3.50. The van der Waals surface area contributed by atoms with Crippen molar-refractivity contribution in [1.29, 1.82) is 0 Å². The maximum absolute atomic E-state index is 12.3. The van der Waals surface area contributed by atoms with E-state index in [1.54, 1.807) is 0 Å². The lowest BCUT2D eigenvalue weighted by Crippen LogP contribution is -2.36. The highest BCUT2D eigenvalue weighted by Crippen LogP contribution is 2.32. The highest BCUT2D eigenvalue weighted by molar-refractivity contribution is 5.91. The Morgan fingerprint density at radius 2 is 1.88 bits per heavy atom. The largest absolute Gasteiger partial charge is 0.454 e. The van der Waals surface area contributed by atoms with Gasteiger partial charge in [-0.05, 0) is 42.3 Å². The maximum Gasteiger partial charge on any atom is 0.231 e. The second kappa shape index (κ2) is 7.66. The van der Waals surface area contributed by atoms with Crippen LogP contribution in [-0.4, -0.2) is 39.0 Å². The van der Waals surface area contributed by atoms with Crippen molar-refractivity contribution in [2.45, 2.75) is 12.8 Å². The average molecular weight is 354 g/mol. The molecule has 0 aromatic heterocycles. The molecule has 1 saturated heterocycles. The highest BCUT2D eigenvalue weighted by Gasteiger charge is 2.14.